The SMILES string of the molecule is O=C(NCC1(c2ccccc2)CC1)c1ccnc(-n2cncn2)c1. The van der Waals surface area contributed by atoms with Crippen LogP contribution in [0.3, 0.4) is 0 Å². The minimum Gasteiger partial charge on any atom is -0.351 e. The summed E-state index contributed by atoms with van der Waals surface area (Å²) in [5.41, 5.74) is 1.96. The lowest BCUT2D eigenvalue weighted by atomic mass is 9.96. The van der Waals surface area contributed by atoms with Gasteiger partial charge < -0.3 is 5.32 Å². The van der Waals surface area contributed by atoms with Crippen LogP contribution in [0, 0.1) is 0 Å². The van der Waals surface area contributed by atoms with Gasteiger partial charge in [0.15, 0.2) is 5.82 Å². The van der Waals surface area contributed by atoms with Crippen molar-refractivity contribution in [1.82, 2.24) is 25.1 Å². The molecule has 1 aromatic carbocycles. The second-order valence-corrected chi connectivity index (χ2v) is 6.07. The molecule has 0 unspecified atom stereocenters. The van der Waals surface area contributed by atoms with E-state index in [0.29, 0.717) is 17.9 Å². The molecule has 0 radical (unpaired) electrons. The van der Waals surface area contributed by atoms with Crippen LogP contribution in [-0.4, -0.2) is 32.2 Å². The van der Waals surface area contributed by atoms with E-state index in [9.17, 15) is 4.79 Å². The zero-order chi connectivity index (χ0) is 16.4. The maximum Gasteiger partial charge on any atom is 0.251 e. The van der Waals surface area contributed by atoms with Crippen LogP contribution in [-0.2, 0) is 5.41 Å². The Labute approximate surface area is 139 Å². The lowest BCUT2D eigenvalue weighted by Gasteiger charge is -2.16. The van der Waals surface area contributed by atoms with E-state index in [0.717, 1.165) is 12.8 Å². The van der Waals surface area contributed by atoms with E-state index in [2.05, 4.69) is 32.5 Å². The summed E-state index contributed by atoms with van der Waals surface area (Å²) in [5.74, 6) is 0.477. The summed E-state index contributed by atoms with van der Waals surface area (Å²) in [6.07, 6.45) is 6.81. The van der Waals surface area contributed by atoms with Crippen LogP contribution in [0.2, 0.25) is 0 Å². The predicted molar refractivity (Wildman–Crippen MR) is 88.8 cm³/mol. The van der Waals surface area contributed by atoms with E-state index in [4.69, 9.17) is 0 Å². The van der Waals surface area contributed by atoms with E-state index in [1.165, 1.54) is 16.6 Å². The summed E-state index contributed by atoms with van der Waals surface area (Å²) < 4.78 is 1.53. The van der Waals surface area contributed by atoms with Crippen molar-refractivity contribution < 1.29 is 4.79 Å². The molecule has 6 heteroatoms. The molecule has 0 saturated heterocycles. The molecule has 2 heterocycles. The molecule has 3 aromatic rings. The highest BCUT2D eigenvalue weighted by Gasteiger charge is 2.44. The Bertz CT molecular complexity index is 841. The van der Waals surface area contributed by atoms with Crippen LogP contribution in [0.15, 0.2) is 61.3 Å². The highest BCUT2D eigenvalue weighted by Crippen LogP contribution is 2.47. The summed E-state index contributed by atoms with van der Waals surface area (Å²) in [6, 6.07) is 13.8. The molecular weight excluding hydrogens is 302 g/mol. The second kappa shape index (κ2) is 5.88. The van der Waals surface area contributed by atoms with Crippen LogP contribution in [0.5, 0.6) is 0 Å². The molecule has 120 valence electrons. The van der Waals surface area contributed by atoms with Gasteiger partial charge >= 0.3 is 0 Å². The Morgan fingerprint density at radius 2 is 2.04 bits per heavy atom. The van der Waals surface area contributed by atoms with Gasteiger partial charge in [-0.2, -0.15) is 5.10 Å². The van der Waals surface area contributed by atoms with Crippen molar-refractivity contribution >= 4 is 5.91 Å². The predicted octanol–water partition coefficient (Wildman–Crippen LogP) is 2.12. The molecule has 6 nitrogen and oxygen atoms in total. The van der Waals surface area contributed by atoms with Gasteiger partial charge in [-0.05, 0) is 30.5 Å². The topological polar surface area (TPSA) is 72.7 Å². The van der Waals surface area contributed by atoms with Crippen LogP contribution in [0.25, 0.3) is 5.82 Å². The summed E-state index contributed by atoms with van der Waals surface area (Å²) >= 11 is 0. The Hall–Kier alpha value is -3.02. The maximum atomic E-state index is 12.5. The van der Waals surface area contributed by atoms with Crippen LogP contribution >= 0.6 is 0 Å². The van der Waals surface area contributed by atoms with Gasteiger partial charge in [0.2, 0.25) is 0 Å². The number of hydrogen-bond acceptors (Lipinski definition) is 4. The highest BCUT2D eigenvalue weighted by molar-refractivity contribution is 5.94. The number of carbonyl (C=O) groups is 1. The molecule has 4 rings (SSSR count). The van der Waals surface area contributed by atoms with Crippen LogP contribution in [0.4, 0.5) is 0 Å². The summed E-state index contributed by atoms with van der Waals surface area (Å²) in [4.78, 5) is 20.6. The highest BCUT2D eigenvalue weighted by atomic mass is 16.1. The van der Waals surface area contributed by atoms with E-state index < -0.39 is 0 Å². The summed E-state index contributed by atoms with van der Waals surface area (Å²) in [6.45, 7) is 0.650. The first-order chi connectivity index (χ1) is 11.8. The van der Waals surface area contributed by atoms with E-state index in [1.54, 1.807) is 24.7 Å². The third kappa shape index (κ3) is 2.78. The zero-order valence-electron chi connectivity index (χ0n) is 13.1. The first kappa shape index (κ1) is 14.6. The number of nitrogens with one attached hydrogen (secondary N) is 1. The molecule has 0 atom stereocenters. The third-order valence-electron chi connectivity index (χ3n) is 4.49. The second-order valence-electron chi connectivity index (χ2n) is 6.07. The van der Waals surface area contributed by atoms with Gasteiger partial charge in [-0.1, -0.05) is 30.3 Å². The molecule has 1 amide bonds. The van der Waals surface area contributed by atoms with Crippen LogP contribution < -0.4 is 5.32 Å². The number of pyridine rings is 1. The standard InChI is InChI=1S/C18H17N5O/c24-17(14-6-9-20-16(10-14)23-13-19-12-22-23)21-11-18(7-8-18)15-4-2-1-3-5-15/h1-6,9-10,12-13H,7-8,11H2,(H,21,24). The number of nitrogens with zero attached hydrogens (tertiary/aromatic N) is 4. The van der Waals surface area contributed by atoms with Gasteiger partial charge in [0.1, 0.15) is 12.7 Å². The molecule has 0 bridgehead atoms. The van der Waals surface area contributed by atoms with E-state index >= 15 is 0 Å². The number of benzene rings is 1. The molecule has 0 aliphatic heterocycles. The fourth-order valence-corrected chi connectivity index (χ4v) is 2.87. The normalized spacial score (nSPS) is 15.0. The Morgan fingerprint density at radius 3 is 2.75 bits per heavy atom. The monoisotopic (exact) mass is 319 g/mol. The molecule has 1 saturated carbocycles. The van der Waals surface area contributed by atoms with Crippen molar-refractivity contribution in [2.24, 2.45) is 0 Å². The van der Waals surface area contributed by atoms with Crippen molar-refractivity contribution in [2.75, 3.05) is 6.54 Å². The van der Waals surface area contributed by atoms with Gasteiger partial charge in [-0.15, -0.1) is 0 Å². The number of carbonyl (C=O) groups excluding carboxylic acids is 1. The molecule has 24 heavy (non-hydrogen) atoms. The lowest BCUT2D eigenvalue weighted by molar-refractivity contribution is 0.0949. The average molecular weight is 319 g/mol. The minimum absolute atomic E-state index is 0.0959. The number of aromatic nitrogens is 4. The fourth-order valence-electron chi connectivity index (χ4n) is 2.87. The van der Waals surface area contributed by atoms with Crippen molar-refractivity contribution in [3.05, 3.63) is 72.4 Å². The number of amides is 1. The van der Waals surface area contributed by atoms with E-state index in [-0.39, 0.29) is 11.3 Å². The van der Waals surface area contributed by atoms with Crippen molar-refractivity contribution in [1.29, 1.82) is 0 Å². The van der Waals surface area contributed by atoms with Gasteiger partial charge in [-0.3, -0.25) is 4.79 Å². The summed E-state index contributed by atoms with van der Waals surface area (Å²) in [7, 11) is 0. The number of hydrogen-bond donors (Lipinski definition) is 1. The maximum absolute atomic E-state index is 12.5. The first-order valence-corrected chi connectivity index (χ1v) is 7.92. The first-order valence-electron chi connectivity index (χ1n) is 7.92. The molecular formula is C18H17N5O. The lowest BCUT2D eigenvalue weighted by Crippen LogP contribution is -2.32. The average Bonchev–Trinajstić information content (AvgIpc) is 3.24. The Morgan fingerprint density at radius 1 is 1.21 bits per heavy atom. The molecule has 1 aliphatic carbocycles. The Balaban J connectivity index is 1.47. The summed E-state index contributed by atoms with van der Waals surface area (Å²) in [5, 5.41) is 7.09. The Kier molecular flexibility index (Phi) is 3.57. The molecule has 1 N–H and O–H groups in total. The number of rotatable bonds is 5. The fraction of sp³-hybridized carbons (Fsp3) is 0.222. The van der Waals surface area contributed by atoms with Crippen molar-refractivity contribution in [3.63, 3.8) is 0 Å². The van der Waals surface area contributed by atoms with Gasteiger partial charge in [-0.25, -0.2) is 14.6 Å². The van der Waals surface area contributed by atoms with E-state index in [1.807, 2.05) is 18.2 Å². The van der Waals surface area contributed by atoms with Gasteiger partial charge in [0, 0.05) is 23.7 Å². The molecule has 1 fully saturated rings. The largest absolute Gasteiger partial charge is 0.351 e. The van der Waals surface area contributed by atoms with Crippen molar-refractivity contribution in [2.45, 2.75) is 18.3 Å². The third-order valence-corrected chi connectivity index (χ3v) is 4.49. The van der Waals surface area contributed by atoms with Gasteiger partial charge in [0.05, 0.1) is 0 Å². The molecule has 2 aromatic heterocycles. The molecule has 1 aliphatic rings. The molecule has 0 spiro atoms. The van der Waals surface area contributed by atoms with Crippen LogP contribution in [0.1, 0.15) is 28.8 Å². The minimum atomic E-state index is -0.0963. The zero-order valence-corrected chi connectivity index (χ0v) is 13.1. The van der Waals surface area contributed by atoms with Crippen molar-refractivity contribution in [3.8, 4) is 5.82 Å². The van der Waals surface area contributed by atoms with Gasteiger partial charge in [0.25, 0.3) is 5.91 Å². The smallest absolute Gasteiger partial charge is 0.251 e. The quantitative estimate of drug-likeness (QED) is 0.782.